The predicted octanol–water partition coefficient (Wildman–Crippen LogP) is 4.53. The Labute approximate surface area is 112 Å². The van der Waals surface area contributed by atoms with Crippen molar-refractivity contribution in [3.8, 4) is 0 Å². The van der Waals surface area contributed by atoms with Crippen molar-refractivity contribution in [1.82, 2.24) is 4.98 Å². The van der Waals surface area contributed by atoms with Crippen LogP contribution in [0.15, 0.2) is 11.1 Å². The van der Waals surface area contributed by atoms with E-state index in [1.807, 2.05) is 0 Å². The average molecular weight is 323 g/mol. The van der Waals surface area contributed by atoms with Crippen molar-refractivity contribution in [3.05, 3.63) is 21.3 Å². The topological polar surface area (TPSA) is 48.4 Å². The van der Waals surface area contributed by atoms with Crippen molar-refractivity contribution >= 4 is 53.0 Å². The standard InChI is InChI=1S/C7H7Cl3NO3PS/c1-13-15(12,14-2)16-7-5(9)3-4(8)6(10)11-7/h3H,1-2H3. The molecule has 0 saturated heterocycles. The van der Waals surface area contributed by atoms with Crippen LogP contribution in [0.25, 0.3) is 0 Å². The maximum Gasteiger partial charge on any atom is 0.394 e. The molecule has 0 aliphatic carbocycles. The van der Waals surface area contributed by atoms with Crippen molar-refractivity contribution in [2.24, 2.45) is 0 Å². The van der Waals surface area contributed by atoms with Crippen LogP contribution in [0.4, 0.5) is 0 Å². The van der Waals surface area contributed by atoms with Crippen LogP contribution in [-0.2, 0) is 13.6 Å². The third-order valence-electron chi connectivity index (χ3n) is 1.50. The maximum absolute atomic E-state index is 11.8. The third-order valence-corrected chi connectivity index (χ3v) is 6.26. The Kier molecular flexibility index (Phi) is 5.39. The Hall–Kier alpha value is 0.520. The average Bonchev–Trinajstić information content (AvgIpc) is 2.25. The van der Waals surface area contributed by atoms with Gasteiger partial charge in [-0.05, 0) is 6.07 Å². The highest BCUT2D eigenvalue weighted by atomic mass is 35.5. The number of hydrogen-bond acceptors (Lipinski definition) is 5. The molecule has 0 amide bonds. The molecule has 0 radical (unpaired) electrons. The second-order valence-electron chi connectivity index (χ2n) is 2.45. The Morgan fingerprint density at radius 3 is 2.31 bits per heavy atom. The monoisotopic (exact) mass is 321 g/mol. The molecule has 0 fully saturated rings. The van der Waals surface area contributed by atoms with E-state index in [0.717, 1.165) is 11.4 Å². The fourth-order valence-electron chi connectivity index (χ4n) is 0.747. The summed E-state index contributed by atoms with van der Waals surface area (Å²) >= 11 is 18.0. The number of hydrogen-bond donors (Lipinski definition) is 0. The molecular weight excluding hydrogens is 315 g/mol. The van der Waals surface area contributed by atoms with Gasteiger partial charge in [0.25, 0.3) is 0 Å². The van der Waals surface area contributed by atoms with E-state index in [4.69, 9.17) is 43.9 Å². The molecule has 0 aliphatic heterocycles. The van der Waals surface area contributed by atoms with E-state index in [1.54, 1.807) is 0 Å². The van der Waals surface area contributed by atoms with Gasteiger partial charge in [0.1, 0.15) is 10.2 Å². The van der Waals surface area contributed by atoms with Crippen molar-refractivity contribution in [2.75, 3.05) is 14.2 Å². The van der Waals surface area contributed by atoms with Crippen LogP contribution >= 0.6 is 53.0 Å². The van der Waals surface area contributed by atoms with Crippen LogP contribution < -0.4 is 0 Å². The summed E-state index contributed by atoms with van der Waals surface area (Å²) in [5.41, 5.74) is 0. The largest absolute Gasteiger partial charge is 0.394 e. The van der Waals surface area contributed by atoms with Crippen LogP contribution in [0, 0.1) is 0 Å². The van der Waals surface area contributed by atoms with E-state index >= 15 is 0 Å². The van der Waals surface area contributed by atoms with Gasteiger partial charge in [0.2, 0.25) is 0 Å². The molecular formula is C7H7Cl3NO3PS. The first-order chi connectivity index (χ1) is 7.41. The van der Waals surface area contributed by atoms with Gasteiger partial charge in [0.15, 0.2) is 0 Å². The Morgan fingerprint density at radius 1 is 1.25 bits per heavy atom. The molecule has 90 valence electrons. The molecule has 0 atom stereocenters. The molecule has 1 rings (SSSR count). The summed E-state index contributed by atoms with van der Waals surface area (Å²) < 4.78 is 21.3. The minimum atomic E-state index is -3.30. The fourth-order valence-corrected chi connectivity index (χ4v) is 3.86. The van der Waals surface area contributed by atoms with Gasteiger partial charge in [-0.25, -0.2) is 9.55 Å². The van der Waals surface area contributed by atoms with E-state index < -0.39 is 6.80 Å². The molecule has 0 saturated carbocycles. The first kappa shape index (κ1) is 14.6. The molecule has 16 heavy (non-hydrogen) atoms. The van der Waals surface area contributed by atoms with Crippen molar-refractivity contribution in [2.45, 2.75) is 5.03 Å². The van der Waals surface area contributed by atoms with E-state index in [1.165, 1.54) is 20.3 Å². The summed E-state index contributed by atoms with van der Waals surface area (Å²) in [6.07, 6.45) is 0. The van der Waals surface area contributed by atoms with E-state index in [9.17, 15) is 4.57 Å². The van der Waals surface area contributed by atoms with Gasteiger partial charge in [-0.2, -0.15) is 0 Å². The normalized spacial score (nSPS) is 11.8. The van der Waals surface area contributed by atoms with Crippen LogP contribution in [0.1, 0.15) is 0 Å². The number of aromatic nitrogens is 1. The van der Waals surface area contributed by atoms with Gasteiger partial charge in [0, 0.05) is 25.6 Å². The predicted molar refractivity (Wildman–Crippen MR) is 66.7 cm³/mol. The molecule has 0 bridgehead atoms. The lowest BCUT2D eigenvalue weighted by atomic mass is 10.5. The molecule has 4 nitrogen and oxygen atoms in total. The molecule has 1 aromatic heterocycles. The highest BCUT2D eigenvalue weighted by Gasteiger charge is 2.26. The summed E-state index contributed by atoms with van der Waals surface area (Å²) in [7, 11) is 2.53. The number of rotatable bonds is 4. The molecule has 0 spiro atoms. The Bertz CT molecular complexity index is 437. The zero-order valence-corrected chi connectivity index (χ0v) is 12.2. The summed E-state index contributed by atoms with van der Waals surface area (Å²) in [5.74, 6) is 0. The molecule has 1 aromatic rings. The highest BCUT2D eigenvalue weighted by molar-refractivity contribution is 8.55. The first-order valence-corrected chi connectivity index (χ1v) is 7.94. The number of nitrogens with zero attached hydrogens (tertiary/aromatic N) is 1. The van der Waals surface area contributed by atoms with Gasteiger partial charge in [-0.3, -0.25) is 0 Å². The lowest BCUT2D eigenvalue weighted by molar-refractivity contribution is 0.295. The van der Waals surface area contributed by atoms with E-state index in [0.29, 0.717) is 0 Å². The van der Waals surface area contributed by atoms with Crippen molar-refractivity contribution < 1.29 is 13.6 Å². The van der Waals surface area contributed by atoms with Gasteiger partial charge in [-0.15, -0.1) is 0 Å². The Morgan fingerprint density at radius 2 is 1.81 bits per heavy atom. The van der Waals surface area contributed by atoms with Crippen molar-refractivity contribution in [3.63, 3.8) is 0 Å². The molecule has 0 aromatic carbocycles. The van der Waals surface area contributed by atoms with Crippen LogP contribution in [0.5, 0.6) is 0 Å². The zero-order chi connectivity index (χ0) is 12.3. The lowest BCUT2D eigenvalue weighted by Gasteiger charge is -2.12. The first-order valence-electron chi connectivity index (χ1n) is 3.84. The van der Waals surface area contributed by atoms with Crippen LogP contribution in [0.3, 0.4) is 0 Å². The Balaban J connectivity index is 3.06. The summed E-state index contributed by atoms with van der Waals surface area (Å²) in [5, 5.41) is 0.768. The molecule has 9 heteroatoms. The van der Waals surface area contributed by atoms with Gasteiger partial charge < -0.3 is 9.05 Å². The van der Waals surface area contributed by atoms with Gasteiger partial charge in [-0.1, -0.05) is 34.8 Å². The quantitative estimate of drug-likeness (QED) is 0.602. The second-order valence-corrected chi connectivity index (χ2v) is 7.71. The molecule has 0 aliphatic rings. The molecule has 0 N–H and O–H groups in total. The van der Waals surface area contributed by atoms with Crippen LogP contribution in [-0.4, -0.2) is 19.2 Å². The smallest absolute Gasteiger partial charge is 0.304 e. The van der Waals surface area contributed by atoms with E-state index in [2.05, 4.69) is 4.98 Å². The fraction of sp³-hybridized carbons (Fsp3) is 0.286. The van der Waals surface area contributed by atoms with E-state index in [-0.39, 0.29) is 20.2 Å². The van der Waals surface area contributed by atoms with Crippen molar-refractivity contribution in [1.29, 1.82) is 0 Å². The highest BCUT2D eigenvalue weighted by Crippen LogP contribution is 2.63. The van der Waals surface area contributed by atoms with Crippen LogP contribution in [0.2, 0.25) is 15.2 Å². The zero-order valence-electron chi connectivity index (χ0n) is 8.24. The summed E-state index contributed by atoms with van der Waals surface area (Å²) in [6.45, 7) is -3.30. The second kappa shape index (κ2) is 5.91. The lowest BCUT2D eigenvalue weighted by Crippen LogP contribution is -1.88. The summed E-state index contributed by atoms with van der Waals surface area (Å²) in [4.78, 5) is 3.89. The number of halogens is 3. The van der Waals surface area contributed by atoms with Gasteiger partial charge >= 0.3 is 6.80 Å². The SMILES string of the molecule is COP(=O)(OC)Sc1nc(Cl)c(Cl)cc1Cl. The van der Waals surface area contributed by atoms with Gasteiger partial charge in [0.05, 0.1) is 10.0 Å². The minimum Gasteiger partial charge on any atom is -0.304 e. The molecule has 1 heterocycles. The number of pyridine rings is 1. The third kappa shape index (κ3) is 3.50. The minimum absolute atomic E-state index is 0.0762. The summed E-state index contributed by atoms with van der Waals surface area (Å²) in [6, 6.07) is 1.41. The maximum atomic E-state index is 11.8. The molecule has 0 unspecified atom stereocenters.